The Kier molecular flexibility index (Phi) is 7.68. The number of aromatic hydroxyl groups is 4. The number of benzene rings is 3. The molecule has 0 radical (unpaired) electrons. The van der Waals surface area contributed by atoms with Gasteiger partial charge in [-0.25, -0.2) is 9.59 Å². The fraction of sp³-hybridized carbons (Fsp3) is 0.185. The summed E-state index contributed by atoms with van der Waals surface area (Å²) in [6.45, 7) is 0.513. The minimum absolute atomic E-state index is 0.00425. The van der Waals surface area contributed by atoms with Gasteiger partial charge in [0.15, 0.2) is 0 Å². The van der Waals surface area contributed by atoms with Gasteiger partial charge in [0.2, 0.25) is 5.78 Å². The van der Waals surface area contributed by atoms with E-state index in [1.54, 1.807) is 0 Å². The van der Waals surface area contributed by atoms with E-state index in [1.165, 1.54) is 36.4 Å². The fourth-order valence-corrected chi connectivity index (χ4v) is 4.14. The fourth-order valence-electron chi connectivity index (χ4n) is 4.14. The molecule has 1 heterocycles. The van der Waals surface area contributed by atoms with E-state index in [-0.39, 0.29) is 23.4 Å². The molecule has 0 aliphatic carbocycles. The molecule has 1 saturated heterocycles. The summed E-state index contributed by atoms with van der Waals surface area (Å²) in [6, 6.07) is 10.5. The zero-order chi connectivity index (χ0) is 28.3. The van der Waals surface area contributed by atoms with Crippen LogP contribution in [0.25, 0.3) is 0 Å². The number of phenols is 4. The molecule has 12 nitrogen and oxygen atoms in total. The third kappa shape index (κ3) is 5.60. The van der Waals surface area contributed by atoms with E-state index in [0.717, 1.165) is 25.3 Å². The van der Waals surface area contributed by atoms with Gasteiger partial charge < -0.3 is 40.5 Å². The standard InChI is InChI=1S/C27H24N2O10/c1-38-27(37)16-3-2-4-18(31)22(16)24(34)23-19(32)9-14(10-20(23)33)26(36)39-21-12-28-11-17(21)29-25(35)13-5-7-15(30)8-6-13/h2-10,17,21,28,30-33H,11-12H2,1H3,(H,29,35)/t17-,21-/m0/s1. The van der Waals surface area contributed by atoms with E-state index >= 15 is 0 Å². The summed E-state index contributed by atoms with van der Waals surface area (Å²) < 4.78 is 10.1. The van der Waals surface area contributed by atoms with Crippen LogP contribution in [-0.2, 0) is 9.47 Å². The summed E-state index contributed by atoms with van der Waals surface area (Å²) in [5.74, 6) is -5.58. The van der Waals surface area contributed by atoms with Crippen LogP contribution in [-0.4, -0.2) is 76.4 Å². The van der Waals surface area contributed by atoms with Crippen molar-refractivity contribution >= 4 is 23.6 Å². The van der Waals surface area contributed by atoms with E-state index in [2.05, 4.69) is 15.4 Å². The Morgan fingerprint density at radius 3 is 2.13 bits per heavy atom. The van der Waals surface area contributed by atoms with Crippen molar-refractivity contribution in [2.75, 3.05) is 20.2 Å². The summed E-state index contributed by atoms with van der Waals surface area (Å²) in [5.41, 5.74) is -1.45. The highest BCUT2D eigenvalue weighted by atomic mass is 16.5. The number of esters is 2. The molecule has 0 bridgehead atoms. The van der Waals surface area contributed by atoms with E-state index in [9.17, 15) is 39.6 Å². The first-order chi connectivity index (χ1) is 18.6. The number of carbonyl (C=O) groups is 4. The van der Waals surface area contributed by atoms with Crippen LogP contribution in [0.1, 0.15) is 47.0 Å². The topological polar surface area (TPSA) is 192 Å². The van der Waals surface area contributed by atoms with Crippen LogP contribution in [0.5, 0.6) is 23.0 Å². The maximum absolute atomic E-state index is 13.1. The molecule has 1 fully saturated rings. The molecule has 0 saturated carbocycles. The number of methoxy groups -OCH3 is 1. The Labute approximate surface area is 221 Å². The molecule has 3 aromatic carbocycles. The largest absolute Gasteiger partial charge is 0.508 e. The number of ether oxygens (including phenoxy) is 2. The Morgan fingerprint density at radius 1 is 0.821 bits per heavy atom. The third-order valence-electron chi connectivity index (χ3n) is 6.10. The zero-order valence-electron chi connectivity index (χ0n) is 20.5. The first-order valence-electron chi connectivity index (χ1n) is 11.6. The highest BCUT2D eigenvalue weighted by Gasteiger charge is 2.33. The number of amides is 1. The van der Waals surface area contributed by atoms with Crippen molar-refractivity contribution in [3.8, 4) is 23.0 Å². The van der Waals surface area contributed by atoms with Crippen LogP contribution in [0.15, 0.2) is 54.6 Å². The molecule has 3 aromatic rings. The Balaban J connectivity index is 1.52. The average molecular weight is 536 g/mol. The van der Waals surface area contributed by atoms with Gasteiger partial charge in [-0.2, -0.15) is 0 Å². The van der Waals surface area contributed by atoms with Crippen molar-refractivity contribution in [1.29, 1.82) is 0 Å². The van der Waals surface area contributed by atoms with Crippen LogP contribution < -0.4 is 10.6 Å². The van der Waals surface area contributed by atoms with Crippen molar-refractivity contribution in [1.82, 2.24) is 10.6 Å². The summed E-state index contributed by atoms with van der Waals surface area (Å²) in [5, 5.41) is 46.4. The normalized spacial score (nSPS) is 16.3. The smallest absolute Gasteiger partial charge is 0.338 e. The second-order valence-electron chi connectivity index (χ2n) is 8.64. The minimum Gasteiger partial charge on any atom is -0.508 e. The number of ketones is 1. The van der Waals surface area contributed by atoms with Crippen molar-refractivity contribution < 1.29 is 49.1 Å². The Bertz CT molecular complexity index is 1430. The van der Waals surface area contributed by atoms with Crippen molar-refractivity contribution in [3.05, 3.63) is 82.4 Å². The molecule has 1 aliphatic rings. The third-order valence-corrected chi connectivity index (χ3v) is 6.10. The van der Waals surface area contributed by atoms with Gasteiger partial charge in [0.1, 0.15) is 34.7 Å². The quantitative estimate of drug-likeness (QED) is 0.189. The molecule has 2 atom stereocenters. The lowest BCUT2D eigenvalue weighted by atomic mass is 9.95. The van der Waals surface area contributed by atoms with Gasteiger partial charge in [-0.1, -0.05) is 6.07 Å². The van der Waals surface area contributed by atoms with Crippen LogP contribution in [0, 0.1) is 0 Å². The second-order valence-corrected chi connectivity index (χ2v) is 8.64. The summed E-state index contributed by atoms with van der Waals surface area (Å²) >= 11 is 0. The molecule has 4 rings (SSSR count). The first-order valence-corrected chi connectivity index (χ1v) is 11.6. The molecule has 0 unspecified atom stereocenters. The van der Waals surface area contributed by atoms with Crippen molar-refractivity contribution in [2.24, 2.45) is 0 Å². The zero-order valence-corrected chi connectivity index (χ0v) is 20.5. The molecule has 6 N–H and O–H groups in total. The number of nitrogens with one attached hydrogen (secondary N) is 2. The highest BCUT2D eigenvalue weighted by Crippen LogP contribution is 2.35. The maximum atomic E-state index is 13.1. The lowest BCUT2D eigenvalue weighted by Gasteiger charge is -2.21. The number of hydrogen-bond acceptors (Lipinski definition) is 11. The lowest BCUT2D eigenvalue weighted by molar-refractivity contribution is 0.0282. The number of rotatable bonds is 7. The monoisotopic (exact) mass is 536 g/mol. The van der Waals surface area contributed by atoms with Gasteiger partial charge in [-0.15, -0.1) is 0 Å². The maximum Gasteiger partial charge on any atom is 0.338 e. The Hall–Kier alpha value is -5.10. The lowest BCUT2D eigenvalue weighted by Crippen LogP contribution is -2.44. The SMILES string of the molecule is COC(=O)c1cccc(O)c1C(=O)c1c(O)cc(C(=O)O[C@H]2CNC[C@@H]2NC(=O)c2ccc(O)cc2)cc1O. The van der Waals surface area contributed by atoms with E-state index in [0.29, 0.717) is 12.1 Å². The molecule has 0 aromatic heterocycles. The first kappa shape index (κ1) is 26.9. The summed E-state index contributed by atoms with van der Waals surface area (Å²) in [7, 11) is 1.08. The predicted molar refractivity (Wildman–Crippen MR) is 134 cm³/mol. The van der Waals surface area contributed by atoms with Crippen LogP contribution in [0.2, 0.25) is 0 Å². The second kappa shape index (κ2) is 11.1. The van der Waals surface area contributed by atoms with Crippen molar-refractivity contribution in [2.45, 2.75) is 12.1 Å². The molecule has 1 aliphatic heterocycles. The van der Waals surface area contributed by atoms with Gasteiger partial charge in [0.25, 0.3) is 5.91 Å². The van der Waals surface area contributed by atoms with Gasteiger partial charge in [-0.3, -0.25) is 9.59 Å². The van der Waals surface area contributed by atoms with E-state index in [4.69, 9.17) is 4.74 Å². The van der Waals surface area contributed by atoms with Crippen LogP contribution in [0.4, 0.5) is 0 Å². The number of hydrogen-bond donors (Lipinski definition) is 6. The van der Waals surface area contributed by atoms with E-state index in [1.807, 2.05) is 0 Å². The number of phenolic OH excluding ortho intramolecular Hbond substituents is 4. The van der Waals surface area contributed by atoms with Crippen molar-refractivity contribution in [3.63, 3.8) is 0 Å². The molecule has 12 heteroatoms. The Morgan fingerprint density at radius 2 is 1.49 bits per heavy atom. The van der Waals surface area contributed by atoms with E-state index < -0.39 is 64.2 Å². The molecule has 1 amide bonds. The van der Waals surface area contributed by atoms with Gasteiger partial charge in [0, 0.05) is 18.7 Å². The number of carbonyl (C=O) groups excluding carboxylic acids is 4. The van der Waals surface area contributed by atoms with Gasteiger partial charge >= 0.3 is 11.9 Å². The van der Waals surface area contributed by atoms with Gasteiger partial charge in [-0.05, 0) is 48.5 Å². The molecule has 202 valence electrons. The van der Waals surface area contributed by atoms with Gasteiger partial charge in [0.05, 0.1) is 29.8 Å². The average Bonchev–Trinajstić information content (AvgIpc) is 3.33. The van der Waals surface area contributed by atoms with Crippen LogP contribution >= 0.6 is 0 Å². The molecular weight excluding hydrogens is 512 g/mol. The highest BCUT2D eigenvalue weighted by molar-refractivity contribution is 6.18. The summed E-state index contributed by atoms with van der Waals surface area (Å²) in [6.07, 6.45) is -0.798. The molecule has 0 spiro atoms. The predicted octanol–water partition coefficient (Wildman–Crippen LogP) is 1.45. The summed E-state index contributed by atoms with van der Waals surface area (Å²) in [4.78, 5) is 50.6. The molecular formula is C27H24N2O10. The molecule has 39 heavy (non-hydrogen) atoms. The van der Waals surface area contributed by atoms with Crippen LogP contribution in [0.3, 0.4) is 0 Å². The minimum atomic E-state index is -1.08.